The van der Waals surface area contributed by atoms with Crippen LogP contribution < -0.4 is 5.43 Å². The molecule has 1 rings (SSSR count). The molecule has 0 heterocycles. The van der Waals surface area contributed by atoms with Crippen molar-refractivity contribution >= 4 is 17.9 Å². The molecule has 4 heteroatoms. The first-order valence-electron chi connectivity index (χ1n) is 6.80. The van der Waals surface area contributed by atoms with Gasteiger partial charge in [0.1, 0.15) is 5.60 Å². The molecule has 1 aromatic rings. The zero-order chi connectivity index (χ0) is 15.7. The van der Waals surface area contributed by atoms with E-state index in [2.05, 4.69) is 10.5 Å². The van der Waals surface area contributed by atoms with Crippen LogP contribution in [0.25, 0.3) is 6.08 Å². The van der Waals surface area contributed by atoms with Gasteiger partial charge >= 0.3 is 6.09 Å². The van der Waals surface area contributed by atoms with E-state index in [1.807, 2.05) is 48.6 Å². The Morgan fingerprint density at radius 3 is 2.48 bits per heavy atom. The van der Waals surface area contributed by atoms with Crippen LogP contribution in [0, 0.1) is 0 Å². The van der Waals surface area contributed by atoms with Crippen LogP contribution >= 0.6 is 0 Å². The van der Waals surface area contributed by atoms with E-state index in [1.165, 1.54) is 0 Å². The first-order chi connectivity index (χ1) is 9.87. The number of hydrogen-bond donors (Lipinski definition) is 1. The Morgan fingerprint density at radius 1 is 1.19 bits per heavy atom. The Morgan fingerprint density at radius 2 is 1.86 bits per heavy atom. The minimum atomic E-state index is -0.560. The Bertz CT molecular complexity index is 538. The van der Waals surface area contributed by atoms with Gasteiger partial charge in [-0.3, -0.25) is 0 Å². The normalized spacial score (nSPS) is 12.9. The molecule has 0 aromatic heterocycles. The zero-order valence-corrected chi connectivity index (χ0v) is 13.0. The Labute approximate surface area is 126 Å². The molecule has 0 unspecified atom stereocenters. The van der Waals surface area contributed by atoms with Gasteiger partial charge in [-0.15, -0.1) is 0 Å². The highest BCUT2D eigenvalue weighted by Crippen LogP contribution is 2.06. The van der Waals surface area contributed by atoms with Crippen LogP contribution in [0.1, 0.15) is 33.3 Å². The van der Waals surface area contributed by atoms with Crippen molar-refractivity contribution in [2.24, 2.45) is 5.10 Å². The number of carbonyl (C=O) groups excluding carboxylic acids is 1. The minimum absolute atomic E-state index is 0.526. The summed E-state index contributed by atoms with van der Waals surface area (Å²) < 4.78 is 5.08. The molecule has 1 aromatic carbocycles. The number of hydrazone groups is 1. The number of benzene rings is 1. The Balaban J connectivity index is 2.43. The maximum Gasteiger partial charge on any atom is 0.428 e. The van der Waals surface area contributed by atoms with Crippen molar-refractivity contribution in [2.75, 3.05) is 0 Å². The number of carbonyl (C=O) groups is 1. The number of nitrogens with zero attached hydrogens (tertiary/aromatic N) is 1. The average Bonchev–Trinajstić information content (AvgIpc) is 2.41. The van der Waals surface area contributed by atoms with Gasteiger partial charge in [0.15, 0.2) is 0 Å². The Kier molecular flexibility index (Phi) is 6.40. The van der Waals surface area contributed by atoms with E-state index >= 15 is 0 Å². The molecular formula is C17H22N2O2. The summed E-state index contributed by atoms with van der Waals surface area (Å²) in [5, 5.41) is 3.92. The van der Waals surface area contributed by atoms with E-state index < -0.39 is 11.7 Å². The van der Waals surface area contributed by atoms with Gasteiger partial charge in [0, 0.05) is 0 Å². The van der Waals surface area contributed by atoms with Gasteiger partial charge in [-0.1, -0.05) is 48.6 Å². The minimum Gasteiger partial charge on any atom is -0.443 e. The van der Waals surface area contributed by atoms with Crippen LogP contribution in [0.3, 0.4) is 0 Å². The van der Waals surface area contributed by atoms with Gasteiger partial charge in [0.2, 0.25) is 0 Å². The van der Waals surface area contributed by atoms with E-state index in [-0.39, 0.29) is 0 Å². The quantitative estimate of drug-likeness (QED) is 0.513. The summed E-state index contributed by atoms with van der Waals surface area (Å²) in [6.45, 7) is 7.20. The largest absolute Gasteiger partial charge is 0.443 e. The van der Waals surface area contributed by atoms with Gasteiger partial charge in [0.05, 0.1) is 5.71 Å². The van der Waals surface area contributed by atoms with E-state index in [0.29, 0.717) is 5.71 Å². The van der Waals surface area contributed by atoms with Crippen LogP contribution in [0.15, 0.2) is 53.7 Å². The second kappa shape index (κ2) is 8.04. The molecule has 0 atom stereocenters. The summed E-state index contributed by atoms with van der Waals surface area (Å²) >= 11 is 0. The molecule has 0 saturated carbocycles. The smallest absolute Gasteiger partial charge is 0.428 e. The third-order valence-electron chi connectivity index (χ3n) is 2.26. The van der Waals surface area contributed by atoms with Crippen molar-refractivity contribution in [3.8, 4) is 0 Å². The fraction of sp³-hybridized carbons (Fsp3) is 0.294. The number of rotatable bonds is 4. The lowest BCUT2D eigenvalue weighted by atomic mass is 10.2. The van der Waals surface area contributed by atoms with Gasteiger partial charge in [-0.05, 0) is 39.3 Å². The highest BCUT2D eigenvalue weighted by atomic mass is 16.6. The Hall–Kier alpha value is -2.36. The molecule has 0 spiro atoms. The lowest BCUT2D eigenvalue weighted by molar-refractivity contribution is 0.0529. The molecule has 0 aliphatic rings. The second-order valence-corrected chi connectivity index (χ2v) is 5.50. The van der Waals surface area contributed by atoms with E-state index in [4.69, 9.17) is 4.74 Å². The fourth-order valence-corrected chi connectivity index (χ4v) is 1.40. The van der Waals surface area contributed by atoms with Crippen molar-refractivity contribution < 1.29 is 9.53 Å². The summed E-state index contributed by atoms with van der Waals surface area (Å²) in [6, 6.07) is 10.00. The molecule has 0 fully saturated rings. The summed E-state index contributed by atoms with van der Waals surface area (Å²) in [7, 11) is 0. The van der Waals surface area contributed by atoms with Crippen LogP contribution in [0.5, 0.6) is 0 Å². The lowest BCUT2D eigenvalue weighted by Gasteiger charge is -2.18. The summed E-state index contributed by atoms with van der Waals surface area (Å²) in [5.74, 6) is 0. The van der Waals surface area contributed by atoms with Crippen molar-refractivity contribution in [3.63, 3.8) is 0 Å². The van der Waals surface area contributed by atoms with E-state index in [1.54, 1.807) is 33.8 Å². The monoisotopic (exact) mass is 286 g/mol. The molecular weight excluding hydrogens is 264 g/mol. The van der Waals surface area contributed by atoms with Crippen LogP contribution in [-0.2, 0) is 4.74 Å². The summed E-state index contributed by atoms with van der Waals surface area (Å²) in [4.78, 5) is 11.4. The zero-order valence-electron chi connectivity index (χ0n) is 13.0. The third kappa shape index (κ3) is 8.42. The molecule has 0 radical (unpaired) electrons. The van der Waals surface area contributed by atoms with Gasteiger partial charge in [-0.2, -0.15) is 5.10 Å². The van der Waals surface area contributed by atoms with Gasteiger partial charge in [0.25, 0.3) is 0 Å². The van der Waals surface area contributed by atoms with Gasteiger partial charge < -0.3 is 4.74 Å². The molecule has 0 saturated heterocycles. The molecule has 21 heavy (non-hydrogen) atoms. The van der Waals surface area contributed by atoms with E-state index in [0.717, 1.165) is 5.56 Å². The molecule has 0 bridgehead atoms. The standard InChI is InChI=1S/C17H22N2O2/c1-14(18-19-16(20)21-17(2,3)4)10-8-9-13-15-11-6-5-7-12-15/h5-13H,1-4H3,(H,19,20)/b10-8+,13-9+,18-14+. The first-order valence-corrected chi connectivity index (χ1v) is 6.80. The predicted molar refractivity (Wildman–Crippen MR) is 87.1 cm³/mol. The highest BCUT2D eigenvalue weighted by molar-refractivity contribution is 5.93. The SMILES string of the molecule is CC(/C=C/C=C/c1ccccc1)=N\NC(=O)OC(C)(C)C. The van der Waals surface area contributed by atoms with Crippen molar-refractivity contribution in [3.05, 3.63) is 54.1 Å². The van der Waals surface area contributed by atoms with Crippen molar-refractivity contribution in [1.29, 1.82) is 0 Å². The maximum absolute atomic E-state index is 11.4. The summed E-state index contributed by atoms with van der Waals surface area (Å²) in [6.07, 6.45) is 7.02. The average molecular weight is 286 g/mol. The molecule has 1 N–H and O–H groups in total. The number of allylic oxidation sites excluding steroid dienone is 3. The first kappa shape index (κ1) is 16.7. The van der Waals surface area contributed by atoms with Crippen LogP contribution in [-0.4, -0.2) is 17.4 Å². The highest BCUT2D eigenvalue weighted by Gasteiger charge is 2.15. The molecule has 4 nitrogen and oxygen atoms in total. The van der Waals surface area contributed by atoms with Crippen LogP contribution in [0.2, 0.25) is 0 Å². The van der Waals surface area contributed by atoms with E-state index in [9.17, 15) is 4.79 Å². The third-order valence-corrected chi connectivity index (χ3v) is 2.26. The van der Waals surface area contributed by atoms with Crippen molar-refractivity contribution in [1.82, 2.24) is 5.43 Å². The molecule has 0 aliphatic carbocycles. The maximum atomic E-state index is 11.4. The molecule has 1 amide bonds. The summed E-state index contributed by atoms with van der Waals surface area (Å²) in [5.41, 5.74) is 3.63. The topological polar surface area (TPSA) is 50.7 Å². The molecule has 0 aliphatic heterocycles. The van der Waals surface area contributed by atoms with Crippen molar-refractivity contribution in [2.45, 2.75) is 33.3 Å². The number of hydrogen-bond acceptors (Lipinski definition) is 3. The number of nitrogens with one attached hydrogen (secondary N) is 1. The number of amides is 1. The molecule has 112 valence electrons. The number of ether oxygens (including phenoxy) is 1. The second-order valence-electron chi connectivity index (χ2n) is 5.50. The predicted octanol–water partition coefficient (Wildman–Crippen LogP) is 4.16. The lowest BCUT2D eigenvalue weighted by Crippen LogP contribution is -2.30. The van der Waals surface area contributed by atoms with Crippen LogP contribution in [0.4, 0.5) is 4.79 Å². The van der Waals surface area contributed by atoms with Gasteiger partial charge in [-0.25, -0.2) is 10.2 Å². The fourth-order valence-electron chi connectivity index (χ4n) is 1.40.